The van der Waals surface area contributed by atoms with Crippen LogP contribution >= 0.6 is 11.3 Å². The van der Waals surface area contributed by atoms with Gasteiger partial charge in [0.25, 0.3) is 0 Å². The standard InChI is InChI=1S/C22H17OS/c1-14(2)16-12-13-19-21(20(16)15-8-4-3-5-9-15)22(23)17-10-6-7-11-18(17)24-19/h4-14H,1-2H3. The monoisotopic (exact) mass is 329 g/mol. The van der Waals surface area contributed by atoms with Gasteiger partial charge < -0.3 is 0 Å². The molecule has 24 heavy (non-hydrogen) atoms. The van der Waals surface area contributed by atoms with E-state index >= 15 is 0 Å². The fourth-order valence-electron chi connectivity index (χ4n) is 3.25. The summed E-state index contributed by atoms with van der Waals surface area (Å²) >= 11 is 1.69. The van der Waals surface area contributed by atoms with Gasteiger partial charge in [-0.05, 0) is 46.9 Å². The van der Waals surface area contributed by atoms with Crippen LogP contribution in [0.3, 0.4) is 0 Å². The third kappa shape index (κ3) is 2.35. The lowest BCUT2D eigenvalue weighted by molar-refractivity contribution is 0.871. The SMILES string of the molecule is CC(C)c1ccc2sc3ccccc3c(=O)c2c1-c1cc[c]cc1. The second-order valence-electron chi connectivity index (χ2n) is 6.27. The van der Waals surface area contributed by atoms with Gasteiger partial charge in [0.1, 0.15) is 0 Å². The first kappa shape index (κ1) is 15.1. The highest BCUT2D eigenvalue weighted by molar-refractivity contribution is 7.24. The molecule has 0 aliphatic rings. The Hall–Kier alpha value is -2.45. The molecule has 2 heteroatoms. The van der Waals surface area contributed by atoms with E-state index in [1.807, 2.05) is 48.5 Å². The third-order valence-corrected chi connectivity index (χ3v) is 5.54. The molecule has 1 aromatic heterocycles. The van der Waals surface area contributed by atoms with E-state index in [1.165, 1.54) is 5.56 Å². The number of hydrogen-bond acceptors (Lipinski definition) is 2. The van der Waals surface area contributed by atoms with Crippen LogP contribution in [0.1, 0.15) is 25.3 Å². The molecule has 0 spiro atoms. The van der Waals surface area contributed by atoms with Gasteiger partial charge in [0, 0.05) is 20.2 Å². The lowest BCUT2D eigenvalue weighted by atomic mass is 9.90. The Morgan fingerprint density at radius 3 is 2.42 bits per heavy atom. The first-order valence-electron chi connectivity index (χ1n) is 8.12. The molecule has 0 saturated heterocycles. The molecular weight excluding hydrogens is 312 g/mol. The third-order valence-electron chi connectivity index (χ3n) is 4.41. The molecule has 1 heterocycles. The van der Waals surface area contributed by atoms with Crippen molar-refractivity contribution in [3.05, 3.63) is 82.5 Å². The van der Waals surface area contributed by atoms with Crippen molar-refractivity contribution >= 4 is 31.5 Å². The highest BCUT2D eigenvalue weighted by Gasteiger charge is 2.16. The molecule has 117 valence electrons. The highest BCUT2D eigenvalue weighted by atomic mass is 32.1. The van der Waals surface area contributed by atoms with Gasteiger partial charge in [-0.3, -0.25) is 4.79 Å². The summed E-state index contributed by atoms with van der Waals surface area (Å²) in [6, 6.07) is 23.1. The summed E-state index contributed by atoms with van der Waals surface area (Å²) in [5.41, 5.74) is 3.50. The predicted octanol–water partition coefficient (Wildman–Crippen LogP) is 6.01. The first-order valence-corrected chi connectivity index (χ1v) is 8.93. The fraction of sp³-hybridized carbons (Fsp3) is 0.136. The zero-order valence-electron chi connectivity index (χ0n) is 13.7. The minimum absolute atomic E-state index is 0.129. The summed E-state index contributed by atoms with van der Waals surface area (Å²) in [6.45, 7) is 4.35. The van der Waals surface area contributed by atoms with Crippen molar-refractivity contribution in [1.82, 2.24) is 0 Å². The van der Waals surface area contributed by atoms with E-state index in [2.05, 4.69) is 32.0 Å². The van der Waals surface area contributed by atoms with Crippen LogP contribution in [0, 0.1) is 6.07 Å². The van der Waals surface area contributed by atoms with Gasteiger partial charge in [0.05, 0.1) is 0 Å². The van der Waals surface area contributed by atoms with Crippen LogP contribution in [0.25, 0.3) is 31.3 Å². The molecule has 0 amide bonds. The molecule has 4 aromatic rings. The fourth-order valence-corrected chi connectivity index (χ4v) is 4.34. The van der Waals surface area contributed by atoms with E-state index in [0.717, 1.165) is 31.3 Å². The molecule has 0 unspecified atom stereocenters. The van der Waals surface area contributed by atoms with Crippen molar-refractivity contribution < 1.29 is 0 Å². The molecule has 0 N–H and O–H groups in total. The van der Waals surface area contributed by atoms with Crippen LogP contribution in [-0.4, -0.2) is 0 Å². The number of fused-ring (bicyclic) bond motifs is 2. The van der Waals surface area contributed by atoms with Crippen LogP contribution in [-0.2, 0) is 0 Å². The average Bonchev–Trinajstić information content (AvgIpc) is 2.61. The van der Waals surface area contributed by atoms with Crippen molar-refractivity contribution in [2.75, 3.05) is 0 Å². The van der Waals surface area contributed by atoms with Crippen molar-refractivity contribution in [3.63, 3.8) is 0 Å². The maximum Gasteiger partial charge on any atom is 0.196 e. The topological polar surface area (TPSA) is 17.1 Å². The van der Waals surface area contributed by atoms with Crippen molar-refractivity contribution in [2.45, 2.75) is 19.8 Å². The molecule has 0 aliphatic carbocycles. The van der Waals surface area contributed by atoms with Gasteiger partial charge in [-0.15, -0.1) is 11.3 Å². The van der Waals surface area contributed by atoms with Gasteiger partial charge in [-0.2, -0.15) is 0 Å². The van der Waals surface area contributed by atoms with Crippen molar-refractivity contribution in [2.24, 2.45) is 0 Å². The smallest absolute Gasteiger partial charge is 0.196 e. The van der Waals surface area contributed by atoms with Gasteiger partial charge in [0.2, 0.25) is 0 Å². The normalized spacial score (nSPS) is 11.5. The summed E-state index contributed by atoms with van der Waals surface area (Å²) in [7, 11) is 0. The van der Waals surface area contributed by atoms with Crippen molar-refractivity contribution in [1.29, 1.82) is 0 Å². The Morgan fingerprint density at radius 2 is 1.67 bits per heavy atom. The van der Waals surface area contributed by atoms with Crippen LogP contribution in [0.2, 0.25) is 0 Å². The number of benzene rings is 3. The van der Waals surface area contributed by atoms with Crippen LogP contribution in [0.4, 0.5) is 0 Å². The molecule has 1 nitrogen and oxygen atoms in total. The Bertz CT molecular complexity index is 1090. The van der Waals surface area contributed by atoms with Crippen LogP contribution in [0.5, 0.6) is 0 Å². The minimum Gasteiger partial charge on any atom is -0.288 e. The van der Waals surface area contributed by atoms with Gasteiger partial charge in [-0.1, -0.05) is 56.3 Å². The highest BCUT2D eigenvalue weighted by Crippen LogP contribution is 2.37. The lowest BCUT2D eigenvalue weighted by Crippen LogP contribution is -2.05. The Morgan fingerprint density at radius 1 is 0.917 bits per heavy atom. The number of hydrogen-bond donors (Lipinski definition) is 0. The van der Waals surface area contributed by atoms with E-state index in [0.29, 0.717) is 5.92 Å². The Balaban J connectivity index is 2.23. The van der Waals surface area contributed by atoms with Gasteiger partial charge >= 0.3 is 0 Å². The minimum atomic E-state index is 0.129. The largest absolute Gasteiger partial charge is 0.288 e. The Kier molecular flexibility index (Phi) is 3.70. The molecule has 4 rings (SSSR count). The van der Waals surface area contributed by atoms with E-state index in [9.17, 15) is 4.79 Å². The molecule has 0 atom stereocenters. The second kappa shape index (κ2) is 5.88. The van der Waals surface area contributed by atoms with E-state index < -0.39 is 0 Å². The summed E-state index contributed by atoms with van der Waals surface area (Å²) in [6.07, 6.45) is 0. The second-order valence-corrected chi connectivity index (χ2v) is 7.36. The summed E-state index contributed by atoms with van der Waals surface area (Å²) < 4.78 is 2.09. The first-order chi connectivity index (χ1) is 11.7. The summed E-state index contributed by atoms with van der Waals surface area (Å²) in [4.78, 5) is 13.3. The molecule has 1 radical (unpaired) electrons. The maximum absolute atomic E-state index is 13.3. The van der Waals surface area contributed by atoms with Gasteiger partial charge in [-0.25, -0.2) is 0 Å². The quantitative estimate of drug-likeness (QED) is 0.412. The van der Waals surface area contributed by atoms with Crippen molar-refractivity contribution in [3.8, 4) is 11.1 Å². The molecule has 0 bridgehead atoms. The van der Waals surface area contributed by atoms with Crippen LogP contribution in [0.15, 0.2) is 65.5 Å². The summed E-state index contributed by atoms with van der Waals surface area (Å²) in [5, 5.41) is 1.65. The molecular formula is C22H17OS. The molecule has 0 aliphatic heterocycles. The lowest BCUT2D eigenvalue weighted by Gasteiger charge is -2.16. The number of rotatable bonds is 2. The zero-order chi connectivity index (χ0) is 16.7. The molecule has 0 saturated carbocycles. The van der Waals surface area contributed by atoms with E-state index in [1.54, 1.807) is 11.3 Å². The van der Waals surface area contributed by atoms with E-state index in [4.69, 9.17) is 0 Å². The Labute approximate surface area is 145 Å². The predicted molar refractivity (Wildman–Crippen MR) is 104 cm³/mol. The summed E-state index contributed by atoms with van der Waals surface area (Å²) in [5.74, 6) is 0.351. The van der Waals surface area contributed by atoms with Gasteiger partial charge in [0.15, 0.2) is 5.43 Å². The van der Waals surface area contributed by atoms with E-state index in [-0.39, 0.29) is 5.43 Å². The maximum atomic E-state index is 13.3. The average molecular weight is 329 g/mol. The van der Waals surface area contributed by atoms with Crippen LogP contribution < -0.4 is 5.43 Å². The zero-order valence-corrected chi connectivity index (χ0v) is 14.5. The molecule has 3 aromatic carbocycles. The molecule has 0 fully saturated rings.